The molecule has 2 unspecified atom stereocenters. The van der Waals surface area contributed by atoms with Crippen LogP contribution >= 0.6 is 0 Å². The van der Waals surface area contributed by atoms with Crippen LogP contribution in [0.15, 0.2) is 0 Å². The van der Waals surface area contributed by atoms with Crippen molar-refractivity contribution in [3.05, 3.63) is 0 Å². The molecule has 0 saturated heterocycles. The minimum absolute atomic E-state index is 0.0350. The van der Waals surface area contributed by atoms with Crippen molar-refractivity contribution < 1.29 is 42.4 Å². The first-order chi connectivity index (χ1) is 17.9. The summed E-state index contributed by atoms with van der Waals surface area (Å²) in [6.45, 7) is 2.19. The van der Waals surface area contributed by atoms with E-state index < -0.39 is 57.4 Å². The molecule has 6 N–H and O–H groups in total. The van der Waals surface area contributed by atoms with Gasteiger partial charge in [0.2, 0.25) is 11.8 Å². The number of carbonyl (C=O) groups is 4. The summed E-state index contributed by atoms with van der Waals surface area (Å²) < 4.78 is 30.9. The lowest BCUT2D eigenvalue weighted by Crippen LogP contribution is -2.61. The SMILES string of the molecule is CCCCCCCCCCCCCCCCCCNC(=O)C(CC(N)=O)(C(CC(=O)O)C(=O)O)S(=O)(=O)O. The van der Waals surface area contributed by atoms with Crippen LogP contribution in [0.2, 0.25) is 0 Å². The largest absolute Gasteiger partial charge is 0.481 e. The molecule has 2 atom stereocenters. The van der Waals surface area contributed by atoms with Gasteiger partial charge in [-0.05, 0) is 6.42 Å². The number of hydrogen-bond acceptors (Lipinski definition) is 6. The molecule has 0 aromatic carbocycles. The number of hydrogen-bond donors (Lipinski definition) is 5. The minimum Gasteiger partial charge on any atom is -0.481 e. The Morgan fingerprint density at radius 3 is 1.47 bits per heavy atom. The van der Waals surface area contributed by atoms with Gasteiger partial charge in [0, 0.05) is 6.54 Å². The molecular formula is C26H48N2O9S. The van der Waals surface area contributed by atoms with E-state index in [1.165, 1.54) is 64.2 Å². The van der Waals surface area contributed by atoms with Gasteiger partial charge in [-0.1, -0.05) is 103 Å². The number of rotatable bonds is 25. The number of aliphatic carboxylic acids is 2. The average molecular weight is 565 g/mol. The van der Waals surface area contributed by atoms with Crippen molar-refractivity contribution in [1.82, 2.24) is 5.32 Å². The lowest BCUT2D eigenvalue weighted by molar-refractivity contribution is -0.152. The topological polar surface area (TPSA) is 201 Å². The first-order valence-corrected chi connectivity index (χ1v) is 15.3. The number of carbonyl (C=O) groups excluding carboxylic acids is 2. The first kappa shape index (κ1) is 35.8. The fourth-order valence-electron chi connectivity index (χ4n) is 4.66. The number of carboxylic acid groups (broad SMARTS) is 2. The number of nitrogens with two attached hydrogens (primary N) is 1. The van der Waals surface area contributed by atoms with E-state index in [1.54, 1.807) is 0 Å². The van der Waals surface area contributed by atoms with Crippen LogP contribution in [-0.4, -0.2) is 58.2 Å². The third-order valence-corrected chi connectivity index (χ3v) is 8.37. The Morgan fingerprint density at radius 1 is 0.763 bits per heavy atom. The highest BCUT2D eigenvalue weighted by Gasteiger charge is 2.60. The van der Waals surface area contributed by atoms with Crippen LogP contribution < -0.4 is 11.1 Å². The maximum absolute atomic E-state index is 12.8. The van der Waals surface area contributed by atoms with E-state index in [1.807, 2.05) is 0 Å². The summed E-state index contributed by atoms with van der Waals surface area (Å²) in [6.07, 6.45) is 15.7. The molecule has 222 valence electrons. The number of primary amides is 1. The molecule has 0 saturated carbocycles. The third kappa shape index (κ3) is 14.1. The quantitative estimate of drug-likeness (QED) is 0.0801. The number of unbranched alkanes of at least 4 members (excludes halogenated alkanes) is 15. The third-order valence-electron chi connectivity index (χ3n) is 6.84. The van der Waals surface area contributed by atoms with Gasteiger partial charge in [-0.3, -0.25) is 23.7 Å². The molecular weight excluding hydrogens is 516 g/mol. The molecule has 0 spiro atoms. The maximum atomic E-state index is 12.8. The van der Waals surface area contributed by atoms with E-state index in [-0.39, 0.29) is 6.54 Å². The summed E-state index contributed by atoms with van der Waals surface area (Å²) >= 11 is 0. The van der Waals surface area contributed by atoms with Crippen molar-refractivity contribution in [3.63, 3.8) is 0 Å². The van der Waals surface area contributed by atoms with Crippen molar-refractivity contribution in [2.75, 3.05) is 6.54 Å². The minimum atomic E-state index is -5.54. The smallest absolute Gasteiger partial charge is 0.309 e. The molecule has 0 aliphatic carbocycles. The number of nitrogens with one attached hydrogen (secondary N) is 1. The monoisotopic (exact) mass is 564 g/mol. The summed E-state index contributed by atoms with van der Waals surface area (Å²) in [5.41, 5.74) is 5.04. The zero-order chi connectivity index (χ0) is 29.0. The molecule has 38 heavy (non-hydrogen) atoms. The highest BCUT2D eigenvalue weighted by Crippen LogP contribution is 2.34. The lowest BCUT2D eigenvalue weighted by atomic mass is 9.84. The molecule has 0 aliphatic rings. The second-order valence-electron chi connectivity index (χ2n) is 10.1. The molecule has 0 aromatic rings. The van der Waals surface area contributed by atoms with E-state index in [4.69, 9.17) is 10.8 Å². The Labute approximate surface area is 227 Å². The van der Waals surface area contributed by atoms with Gasteiger partial charge in [0.05, 0.1) is 18.8 Å². The molecule has 0 heterocycles. The number of amides is 2. The van der Waals surface area contributed by atoms with E-state index >= 15 is 0 Å². The van der Waals surface area contributed by atoms with Gasteiger partial charge >= 0.3 is 11.9 Å². The average Bonchev–Trinajstić information content (AvgIpc) is 2.81. The van der Waals surface area contributed by atoms with E-state index in [9.17, 15) is 37.3 Å². The van der Waals surface area contributed by atoms with E-state index in [2.05, 4.69) is 12.2 Å². The van der Waals surface area contributed by atoms with Crippen molar-refractivity contribution in [2.24, 2.45) is 11.7 Å². The van der Waals surface area contributed by atoms with Crippen molar-refractivity contribution >= 4 is 33.9 Å². The summed E-state index contributed by atoms with van der Waals surface area (Å²) in [7, 11) is -5.54. The Hall–Kier alpha value is -2.21. The molecule has 2 amide bonds. The molecule has 0 radical (unpaired) electrons. The zero-order valence-corrected chi connectivity index (χ0v) is 23.6. The first-order valence-electron chi connectivity index (χ1n) is 13.9. The van der Waals surface area contributed by atoms with Crippen molar-refractivity contribution in [1.29, 1.82) is 0 Å². The normalized spacial score (nSPS) is 13.9. The maximum Gasteiger partial charge on any atom is 0.309 e. The fraction of sp³-hybridized carbons (Fsp3) is 0.846. The van der Waals surface area contributed by atoms with Gasteiger partial charge in [-0.25, -0.2) is 0 Å². The van der Waals surface area contributed by atoms with Crippen molar-refractivity contribution in [2.45, 2.75) is 127 Å². The van der Waals surface area contributed by atoms with Gasteiger partial charge in [-0.2, -0.15) is 8.42 Å². The van der Waals surface area contributed by atoms with E-state index in [0.717, 1.165) is 32.1 Å². The zero-order valence-electron chi connectivity index (χ0n) is 22.8. The summed E-state index contributed by atoms with van der Waals surface area (Å²) in [6, 6.07) is 0. The predicted octanol–water partition coefficient (Wildman–Crippen LogP) is 4.04. The highest BCUT2D eigenvalue weighted by atomic mass is 32.2. The standard InChI is InChI=1S/C26H48N2O9S/c1-2-3-4-5-6-7-8-9-10-11-12-13-14-15-16-17-18-28-25(34)26(20-22(27)29,38(35,36)37)21(24(32)33)19-23(30)31/h21H,2-20H2,1H3,(H2,27,29)(H,28,34)(H,30,31)(H,32,33)(H,35,36,37). The molecule has 11 nitrogen and oxygen atoms in total. The Bertz CT molecular complexity index is 833. The summed E-state index contributed by atoms with van der Waals surface area (Å²) in [4.78, 5) is 47.2. The molecule has 0 aliphatic heterocycles. The van der Waals surface area contributed by atoms with Crippen LogP contribution in [0.1, 0.15) is 122 Å². The van der Waals surface area contributed by atoms with Crippen LogP contribution in [0.5, 0.6) is 0 Å². The highest BCUT2D eigenvalue weighted by molar-refractivity contribution is 7.88. The lowest BCUT2D eigenvalue weighted by Gasteiger charge is -2.32. The number of carboxylic acids is 2. The Morgan fingerprint density at radius 2 is 1.16 bits per heavy atom. The summed E-state index contributed by atoms with van der Waals surface area (Å²) in [5.74, 6) is -8.96. The molecule has 0 rings (SSSR count). The molecule has 0 aromatic heterocycles. The van der Waals surface area contributed by atoms with Gasteiger partial charge < -0.3 is 21.3 Å². The fourth-order valence-corrected chi connectivity index (χ4v) is 5.83. The van der Waals surface area contributed by atoms with Crippen LogP contribution in [0.25, 0.3) is 0 Å². The van der Waals surface area contributed by atoms with Gasteiger partial charge in [-0.15, -0.1) is 0 Å². The molecule has 0 fully saturated rings. The second-order valence-corrected chi connectivity index (χ2v) is 11.7. The van der Waals surface area contributed by atoms with E-state index in [0.29, 0.717) is 6.42 Å². The Kier molecular flexibility index (Phi) is 18.6. The van der Waals surface area contributed by atoms with Gasteiger partial charge in [0.25, 0.3) is 10.1 Å². The van der Waals surface area contributed by atoms with Gasteiger partial charge in [0.15, 0.2) is 4.75 Å². The van der Waals surface area contributed by atoms with Crippen molar-refractivity contribution in [3.8, 4) is 0 Å². The van der Waals surface area contributed by atoms with Crippen LogP contribution in [-0.2, 0) is 29.3 Å². The van der Waals surface area contributed by atoms with Crippen LogP contribution in [0.3, 0.4) is 0 Å². The van der Waals surface area contributed by atoms with Crippen LogP contribution in [0, 0.1) is 5.92 Å². The second kappa shape index (κ2) is 19.8. The Balaban J connectivity index is 4.44. The molecule has 0 bridgehead atoms. The van der Waals surface area contributed by atoms with Gasteiger partial charge in [0.1, 0.15) is 0 Å². The predicted molar refractivity (Wildman–Crippen MR) is 144 cm³/mol. The molecule has 12 heteroatoms. The summed E-state index contributed by atoms with van der Waals surface area (Å²) in [5, 5.41) is 20.7. The van der Waals surface area contributed by atoms with Crippen LogP contribution in [0.4, 0.5) is 0 Å².